The van der Waals surface area contributed by atoms with Crippen LogP contribution in [0.3, 0.4) is 0 Å². The third kappa shape index (κ3) is 3.01. The molecular weight excluding hydrogens is 162 g/mol. The van der Waals surface area contributed by atoms with Crippen LogP contribution in [0.4, 0.5) is 4.79 Å². The Labute approximate surface area is 69.9 Å². The number of ether oxygens (including phenoxy) is 2. The minimum Gasteiger partial charge on any atom is -0.437 e. The van der Waals surface area contributed by atoms with Crippen LogP contribution >= 0.6 is 0 Å². The molecule has 1 unspecified atom stereocenters. The minimum atomic E-state index is -1.09. The topological polar surface area (TPSA) is 76.4 Å². The van der Waals surface area contributed by atoms with Gasteiger partial charge in [-0.2, -0.15) is 5.26 Å². The predicted octanol–water partition coefficient (Wildman–Crippen LogP) is 0.846. The van der Waals surface area contributed by atoms with E-state index in [2.05, 4.69) is 9.47 Å². The molecule has 0 rings (SSSR count). The van der Waals surface area contributed by atoms with Gasteiger partial charge in [0.25, 0.3) is 0 Å². The van der Waals surface area contributed by atoms with Gasteiger partial charge in [-0.3, -0.25) is 4.79 Å². The normalized spacial score (nSPS) is 11.1. The average Bonchev–Trinajstić information content (AvgIpc) is 2.06. The van der Waals surface area contributed by atoms with E-state index in [9.17, 15) is 9.59 Å². The number of hydrogen-bond acceptors (Lipinski definition) is 5. The number of carbonyl (C=O) groups excluding carboxylic acids is 2. The molecule has 0 radical (unpaired) electrons. The minimum absolute atomic E-state index is 0.312. The highest BCUT2D eigenvalue weighted by Crippen LogP contribution is 2.03. The monoisotopic (exact) mass is 171 g/mol. The van der Waals surface area contributed by atoms with E-state index in [-0.39, 0.29) is 0 Å². The summed E-state index contributed by atoms with van der Waals surface area (Å²) >= 11 is 0. The summed E-state index contributed by atoms with van der Waals surface area (Å²) in [6, 6.07) is 1.70. The molecule has 5 nitrogen and oxygen atoms in total. The third-order valence-corrected chi connectivity index (χ3v) is 1.20. The number of esters is 1. The van der Waals surface area contributed by atoms with Crippen LogP contribution in [0.2, 0.25) is 0 Å². The van der Waals surface area contributed by atoms with E-state index < -0.39 is 18.0 Å². The smallest absolute Gasteiger partial charge is 0.437 e. The summed E-state index contributed by atoms with van der Waals surface area (Å²) in [6.45, 7) is 1.65. The molecule has 0 spiro atoms. The fraction of sp³-hybridized carbons (Fsp3) is 0.571. The summed E-state index contributed by atoms with van der Waals surface area (Å²) in [7, 11) is 1.09. The second kappa shape index (κ2) is 5.13. The van der Waals surface area contributed by atoms with E-state index in [0.717, 1.165) is 7.11 Å². The van der Waals surface area contributed by atoms with Gasteiger partial charge in [0.05, 0.1) is 13.2 Å². The molecule has 12 heavy (non-hydrogen) atoms. The molecule has 0 saturated carbocycles. The van der Waals surface area contributed by atoms with E-state index in [1.165, 1.54) is 0 Å². The zero-order valence-electron chi connectivity index (χ0n) is 6.86. The summed E-state index contributed by atoms with van der Waals surface area (Å²) in [5.41, 5.74) is 0. The van der Waals surface area contributed by atoms with Gasteiger partial charge < -0.3 is 9.47 Å². The first-order valence-corrected chi connectivity index (χ1v) is 3.35. The van der Waals surface area contributed by atoms with Crippen LogP contribution in [0, 0.1) is 17.2 Å². The number of rotatable bonds is 2. The Morgan fingerprint density at radius 2 is 2.17 bits per heavy atom. The lowest BCUT2D eigenvalue weighted by atomic mass is 10.1. The molecule has 0 fully saturated rings. The van der Waals surface area contributed by atoms with Crippen molar-refractivity contribution < 1.29 is 19.1 Å². The molecule has 0 heterocycles. The third-order valence-electron chi connectivity index (χ3n) is 1.20. The van der Waals surface area contributed by atoms with Crippen molar-refractivity contribution in [1.82, 2.24) is 0 Å². The fourth-order valence-corrected chi connectivity index (χ4v) is 0.506. The summed E-state index contributed by atoms with van der Waals surface area (Å²) in [5.74, 6) is -1.77. The molecule has 0 aliphatic heterocycles. The molecule has 0 aliphatic carbocycles. The van der Waals surface area contributed by atoms with E-state index in [1.54, 1.807) is 13.0 Å². The van der Waals surface area contributed by atoms with Crippen molar-refractivity contribution in [3.63, 3.8) is 0 Å². The van der Waals surface area contributed by atoms with Gasteiger partial charge in [0.1, 0.15) is 5.92 Å². The van der Waals surface area contributed by atoms with Crippen molar-refractivity contribution in [2.75, 3.05) is 7.11 Å². The van der Waals surface area contributed by atoms with Crippen LogP contribution in [-0.4, -0.2) is 19.2 Å². The van der Waals surface area contributed by atoms with Gasteiger partial charge in [-0.05, 0) is 6.42 Å². The first kappa shape index (κ1) is 10.4. The van der Waals surface area contributed by atoms with E-state index in [4.69, 9.17) is 5.26 Å². The fourth-order valence-electron chi connectivity index (χ4n) is 0.506. The first-order chi connectivity index (χ1) is 5.65. The van der Waals surface area contributed by atoms with Crippen LogP contribution in [-0.2, 0) is 14.3 Å². The van der Waals surface area contributed by atoms with Crippen LogP contribution in [0.25, 0.3) is 0 Å². The van der Waals surface area contributed by atoms with Crippen LogP contribution in [0.1, 0.15) is 13.3 Å². The quantitative estimate of drug-likeness (QED) is 0.454. The molecule has 0 aromatic rings. The highest BCUT2D eigenvalue weighted by molar-refractivity contribution is 5.84. The lowest BCUT2D eigenvalue weighted by Gasteiger charge is -2.03. The molecule has 0 N–H and O–H groups in total. The highest BCUT2D eigenvalue weighted by Gasteiger charge is 2.20. The first-order valence-electron chi connectivity index (χ1n) is 3.35. The van der Waals surface area contributed by atoms with Crippen molar-refractivity contribution >= 4 is 12.1 Å². The van der Waals surface area contributed by atoms with Crippen molar-refractivity contribution in [2.45, 2.75) is 13.3 Å². The van der Waals surface area contributed by atoms with Gasteiger partial charge in [0.15, 0.2) is 0 Å². The Morgan fingerprint density at radius 3 is 2.50 bits per heavy atom. The number of methoxy groups -OCH3 is 1. The molecule has 0 aliphatic rings. The Balaban J connectivity index is 4.04. The van der Waals surface area contributed by atoms with Gasteiger partial charge in [-0.15, -0.1) is 0 Å². The lowest BCUT2D eigenvalue weighted by Crippen LogP contribution is -2.19. The second-order valence-corrected chi connectivity index (χ2v) is 1.97. The van der Waals surface area contributed by atoms with Crippen molar-refractivity contribution in [3.05, 3.63) is 0 Å². The SMILES string of the molecule is CCC(C#N)C(=O)OC(=O)OC. The van der Waals surface area contributed by atoms with E-state index in [1.807, 2.05) is 0 Å². The number of nitriles is 1. The Bertz CT molecular complexity index is 218. The number of hydrogen-bond donors (Lipinski definition) is 0. The maximum absolute atomic E-state index is 10.8. The van der Waals surface area contributed by atoms with Crippen molar-refractivity contribution in [3.8, 4) is 6.07 Å². The Morgan fingerprint density at radius 1 is 1.58 bits per heavy atom. The van der Waals surface area contributed by atoms with Gasteiger partial charge >= 0.3 is 12.1 Å². The molecule has 1 atom stereocenters. The molecule has 0 saturated heterocycles. The van der Waals surface area contributed by atoms with Crippen LogP contribution in [0.5, 0.6) is 0 Å². The molecule has 0 bridgehead atoms. The lowest BCUT2D eigenvalue weighted by molar-refractivity contribution is -0.142. The average molecular weight is 171 g/mol. The molecular formula is C7H9NO4. The van der Waals surface area contributed by atoms with Gasteiger partial charge in [-0.25, -0.2) is 4.79 Å². The predicted molar refractivity (Wildman–Crippen MR) is 37.9 cm³/mol. The highest BCUT2D eigenvalue weighted by atomic mass is 16.7. The maximum Gasteiger partial charge on any atom is 0.515 e. The second-order valence-electron chi connectivity index (χ2n) is 1.97. The largest absolute Gasteiger partial charge is 0.515 e. The standard InChI is InChI=1S/C7H9NO4/c1-3-5(4-8)6(9)12-7(10)11-2/h5H,3H2,1-2H3. The molecule has 0 amide bonds. The van der Waals surface area contributed by atoms with Crippen molar-refractivity contribution in [2.24, 2.45) is 5.92 Å². The zero-order valence-corrected chi connectivity index (χ0v) is 6.86. The van der Waals surface area contributed by atoms with Crippen LogP contribution < -0.4 is 0 Å². The summed E-state index contributed by atoms with van der Waals surface area (Å²) in [4.78, 5) is 21.2. The maximum atomic E-state index is 10.8. The summed E-state index contributed by atoms with van der Waals surface area (Å²) < 4.78 is 8.19. The van der Waals surface area contributed by atoms with Gasteiger partial charge in [0.2, 0.25) is 0 Å². The summed E-state index contributed by atoms with van der Waals surface area (Å²) in [6.07, 6.45) is -0.777. The summed E-state index contributed by atoms with van der Waals surface area (Å²) in [5, 5.41) is 8.38. The van der Waals surface area contributed by atoms with Crippen molar-refractivity contribution in [1.29, 1.82) is 5.26 Å². The zero-order chi connectivity index (χ0) is 9.56. The van der Waals surface area contributed by atoms with Crippen LogP contribution in [0.15, 0.2) is 0 Å². The molecule has 5 heteroatoms. The molecule has 0 aromatic heterocycles. The van der Waals surface area contributed by atoms with E-state index >= 15 is 0 Å². The van der Waals surface area contributed by atoms with Gasteiger partial charge in [0, 0.05) is 0 Å². The van der Waals surface area contributed by atoms with Gasteiger partial charge in [-0.1, -0.05) is 6.92 Å². The Kier molecular flexibility index (Phi) is 4.46. The van der Waals surface area contributed by atoms with E-state index in [0.29, 0.717) is 6.42 Å². The molecule has 66 valence electrons. The number of carbonyl (C=O) groups is 2. The molecule has 0 aromatic carbocycles. The number of nitrogens with zero attached hydrogens (tertiary/aromatic N) is 1. The Hall–Kier alpha value is -1.57.